The fraction of sp³-hybridized carbons (Fsp3) is 0.533. The lowest BCUT2D eigenvalue weighted by Crippen LogP contribution is -2.36. The molecule has 1 aromatic carbocycles. The summed E-state index contributed by atoms with van der Waals surface area (Å²) in [7, 11) is 0. The van der Waals surface area contributed by atoms with Gasteiger partial charge in [-0.15, -0.1) is 23.2 Å². The summed E-state index contributed by atoms with van der Waals surface area (Å²) < 4.78 is 5.42. The molecule has 0 spiro atoms. The zero-order chi connectivity index (χ0) is 14.7. The number of carbonyl (C=O) groups excluding carboxylic acids is 1. The van der Waals surface area contributed by atoms with Gasteiger partial charge in [-0.1, -0.05) is 18.2 Å². The van der Waals surface area contributed by atoms with E-state index in [1.807, 2.05) is 32.0 Å². The zero-order valence-corrected chi connectivity index (χ0v) is 13.2. The molecule has 0 heterocycles. The minimum absolute atomic E-state index is 0.0306. The summed E-state index contributed by atoms with van der Waals surface area (Å²) in [5, 5.41) is 2.67. The lowest BCUT2D eigenvalue weighted by atomic mass is 9.97. The standard InChI is InChI=1S/C15H19Cl2NO2/c1-9-4-3-5-10(2)14(9)18-15(19)20-13-8-11(16)6-7-12(13)17/h3-5,11-13H,6-8H2,1-2H3,(H,18,19)/t11-,12-,13-/m0/s1. The predicted molar refractivity (Wildman–Crippen MR) is 82.9 cm³/mol. The van der Waals surface area contributed by atoms with Crippen molar-refractivity contribution in [2.75, 3.05) is 5.32 Å². The summed E-state index contributed by atoms with van der Waals surface area (Å²) >= 11 is 12.3. The number of rotatable bonds is 2. The van der Waals surface area contributed by atoms with Crippen LogP contribution in [0, 0.1) is 13.8 Å². The zero-order valence-electron chi connectivity index (χ0n) is 11.7. The first-order chi connectivity index (χ1) is 9.47. The number of hydrogen-bond donors (Lipinski definition) is 1. The van der Waals surface area contributed by atoms with Crippen molar-refractivity contribution >= 4 is 35.0 Å². The lowest BCUT2D eigenvalue weighted by molar-refractivity contribution is 0.0902. The highest BCUT2D eigenvalue weighted by Gasteiger charge is 2.31. The van der Waals surface area contributed by atoms with Gasteiger partial charge >= 0.3 is 6.09 Å². The second kappa shape index (κ2) is 6.68. The van der Waals surface area contributed by atoms with Gasteiger partial charge in [-0.3, -0.25) is 5.32 Å². The van der Waals surface area contributed by atoms with Gasteiger partial charge in [-0.25, -0.2) is 4.79 Å². The summed E-state index contributed by atoms with van der Waals surface area (Å²) in [6.45, 7) is 3.89. The van der Waals surface area contributed by atoms with Gasteiger partial charge < -0.3 is 4.74 Å². The maximum absolute atomic E-state index is 12.0. The first-order valence-electron chi connectivity index (χ1n) is 6.79. The van der Waals surface area contributed by atoms with E-state index in [-0.39, 0.29) is 16.9 Å². The van der Waals surface area contributed by atoms with Gasteiger partial charge in [0.1, 0.15) is 6.10 Å². The van der Waals surface area contributed by atoms with E-state index in [1.54, 1.807) is 0 Å². The number of amides is 1. The van der Waals surface area contributed by atoms with Crippen LogP contribution in [-0.4, -0.2) is 23.0 Å². The Balaban J connectivity index is 1.98. The number of aryl methyl sites for hydroxylation is 2. The summed E-state index contributed by atoms with van der Waals surface area (Å²) in [5.41, 5.74) is 2.80. The highest BCUT2D eigenvalue weighted by Crippen LogP contribution is 2.29. The maximum Gasteiger partial charge on any atom is 0.411 e. The minimum atomic E-state index is -0.469. The second-order valence-corrected chi connectivity index (χ2v) is 6.44. The summed E-state index contributed by atoms with van der Waals surface area (Å²) in [6, 6.07) is 5.85. The molecule has 0 unspecified atom stereocenters. The van der Waals surface area contributed by atoms with Crippen LogP contribution in [0.5, 0.6) is 0 Å². The summed E-state index contributed by atoms with van der Waals surface area (Å²) in [4.78, 5) is 12.0. The van der Waals surface area contributed by atoms with E-state index < -0.39 is 6.09 Å². The van der Waals surface area contributed by atoms with Crippen molar-refractivity contribution in [3.05, 3.63) is 29.3 Å². The Labute approximate surface area is 129 Å². The van der Waals surface area contributed by atoms with E-state index in [2.05, 4.69) is 5.32 Å². The van der Waals surface area contributed by atoms with Crippen LogP contribution in [0.25, 0.3) is 0 Å². The molecule has 3 nitrogen and oxygen atoms in total. The van der Waals surface area contributed by atoms with Crippen molar-refractivity contribution in [3.8, 4) is 0 Å². The number of nitrogens with one attached hydrogen (secondary N) is 1. The number of para-hydroxylation sites is 1. The van der Waals surface area contributed by atoms with Gasteiger partial charge in [0.25, 0.3) is 0 Å². The van der Waals surface area contributed by atoms with Gasteiger partial charge in [0.2, 0.25) is 0 Å². The average molecular weight is 316 g/mol. The maximum atomic E-state index is 12.0. The Morgan fingerprint density at radius 2 is 1.90 bits per heavy atom. The molecule has 110 valence electrons. The van der Waals surface area contributed by atoms with Crippen LogP contribution < -0.4 is 5.32 Å². The van der Waals surface area contributed by atoms with Crippen LogP contribution in [0.2, 0.25) is 0 Å². The van der Waals surface area contributed by atoms with Crippen molar-refractivity contribution in [1.82, 2.24) is 0 Å². The van der Waals surface area contributed by atoms with E-state index in [1.165, 1.54) is 0 Å². The topological polar surface area (TPSA) is 38.3 Å². The molecule has 0 radical (unpaired) electrons. The fourth-order valence-corrected chi connectivity index (χ4v) is 3.03. The Hall–Kier alpha value is -0.930. The SMILES string of the molecule is Cc1cccc(C)c1NC(=O)O[C@H]1C[C@@H](Cl)CC[C@@H]1Cl. The van der Waals surface area contributed by atoms with Gasteiger partial charge in [-0.2, -0.15) is 0 Å². The molecule has 0 aromatic heterocycles. The number of ether oxygens (including phenoxy) is 1. The molecule has 1 saturated carbocycles. The van der Waals surface area contributed by atoms with Crippen molar-refractivity contribution in [2.24, 2.45) is 0 Å². The highest BCUT2D eigenvalue weighted by atomic mass is 35.5. The number of benzene rings is 1. The molecule has 1 N–H and O–H groups in total. The van der Waals surface area contributed by atoms with Crippen LogP contribution >= 0.6 is 23.2 Å². The molecule has 1 amide bonds. The average Bonchev–Trinajstić information content (AvgIpc) is 2.38. The number of alkyl halides is 2. The van der Waals surface area contributed by atoms with Gasteiger partial charge in [0.05, 0.1) is 5.38 Å². The van der Waals surface area contributed by atoms with Crippen molar-refractivity contribution < 1.29 is 9.53 Å². The Morgan fingerprint density at radius 1 is 1.25 bits per heavy atom. The van der Waals surface area contributed by atoms with E-state index >= 15 is 0 Å². The van der Waals surface area contributed by atoms with Gasteiger partial charge in [0.15, 0.2) is 0 Å². The molecule has 20 heavy (non-hydrogen) atoms. The van der Waals surface area contributed by atoms with Gasteiger partial charge in [-0.05, 0) is 37.8 Å². The predicted octanol–water partition coefficient (Wildman–Crippen LogP) is 4.62. The van der Waals surface area contributed by atoms with E-state index in [4.69, 9.17) is 27.9 Å². The van der Waals surface area contributed by atoms with Crippen LogP contribution in [0.15, 0.2) is 18.2 Å². The second-order valence-electron chi connectivity index (χ2n) is 5.26. The largest absolute Gasteiger partial charge is 0.444 e. The van der Waals surface area contributed by atoms with Crippen molar-refractivity contribution in [1.29, 1.82) is 0 Å². The molecule has 5 heteroatoms. The van der Waals surface area contributed by atoms with Crippen LogP contribution in [0.4, 0.5) is 10.5 Å². The molecule has 2 rings (SSSR count). The van der Waals surface area contributed by atoms with Crippen LogP contribution in [-0.2, 0) is 4.74 Å². The lowest BCUT2D eigenvalue weighted by Gasteiger charge is -2.29. The fourth-order valence-electron chi connectivity index (χ4n) is 2.45. The number of halogens is 2. The van der Waals surface area contributed by atoms with Gasteiger partial charge in [0, 0.05) is 17.5 Å². The summed E-state index contributed by atoms with van der Waals surface area (Å²) in [6.07, 6.45) is 1.46. The molecule has 1 aromatic rings. The van der Waals surface area contributed by atoms with E-state index in [9.17, 15) is 4.79 Å². The number of hydrogen-bond acceptors (Lipinski definition) is 2. The quantitative estimate of drug-likeness (QED) is 0.809. The number of carbonyl (C=O) groups is 1. The molecule has 1 aliphatic rings. The third kappa shape index (κ3) is 3.80. The first kappa shape index (κ1) is 15.5. The van der Waals surface area contributed by atoms with Crippen molar-refractivity contribution in [3.63, 3.8) is 0 Å². The first-order valence-corrected chi connectivity index (χ1v) is 7.66. The molecule has 0 aliphatic heterocycles. The normalized spacial score (nSPS) is 26.1. The Kier molecular flexibility index (Phi) is 5.17. The Bertz CT molecular complexity index is 473. The van der Waals surface area contributed by atoms with E-state index in [0.29, 0.717) is 6.42 Å². The monoisotopic (exact) mass is 315 g/mol. The molecule has 1 aliphatic carbocycles. The van der Waals surface area contributed by atoms with Crippen molar-refractivity contribution in [2.45, 2.75) is 50.0 Å². The summed E-state index contributed by atoms with van der Waals surface area (Å²) in [5.74, 6) is 0. The molecule has 3 atom stereocenters. The minimum Gasteiger partial charge on any atom is -0.444 e. The highest BCUT2D eigenvalue weighted by molar-refractivity contribution is 6.22. The molecular formula is C15H19Cl2NO2. The Morgan fingerprint density at radius 3 is 2.55 bits per heavy atom. The third-order valence-electron chi connectivity index (χ3n) is 3.61. The third-order valence-corrected chi connectivity index (χ3v) is 4.51. The molecule has 0 bridgehead atoms. The van der Waals surface area contributed by atoms with Crippen LogP contribution in [0.1, 0.15) is 30.4 Å². The van der Waals surface area contributed by atoms with Crippen LogP contribution in [0.3, 0.4) is 0 Å². The smallest absolute Gasteiger partial charge is 0.411 e. The molecule has 0 saturated heterocycles. The molecular weight excluding hydrogens is 297 g/mol. The number of anilines is 1. The van der Waals surface area contributed by atoms with E-state index in [0.717, 1.165) is 29.7 Å². The molecule has 1 fully saturated rings.